The van der Waals surface area contributed by atoms with Gasteiger partial charge in [0.15, 0.2) is 0 Å². The van der Waals surface area contributed by atoms with Crippen LogP contribution in [0.5, 0.6) is 0 Å². The Hall–Kier alpha value is -10.8. The number of aromatic amines is 2. The highest BCUT2D eigenvalue weighted by Gasteiger charge is 2.38. The van der Waals surface area contributed by atoms with E-state index in [1.165, 1.54) is 0 Å². The van der Waals surface area contributed by atoms with E-state index in [-0.39, 0.29) is 120 Å². The van der Waals surface area contributed by atoms with Crippen LogP contribution < -0.4 is 0 Å². The van der Waals surface area contributed by atoms with Crippen molar-refractivity contribution in [3.05, 3.63) is 166 Å². The van der Waals surface area contributed by atoms with E-state index in [0.29, 0.717) is 118 Å². The molecule has 5 heterocycles. The number of carbonyl (C=O) groups excluding carboxylic acids is 8. The van der Waals surface area contributed by atoms with Gasteiger partial charge in [-0.3, -0.25) is 38.4 Å². The van der Waals surface area contributed by atoms with Crippen molar-refractivity contribution >= 4 is 92.1 Å². The number of nitrogens with one attached hydrogen (secondary N) is 2. The minimum Gasteiger partial charge on any atom is -0.465 e. The van der Waals surface area contributed by atoms with Crippen LogP contribution in [0, 0.1) is 0 Å². The highest BCUT2D eigenvalue weighted by Crippen LogP contribution is 2.51. The summed E-state index contributed by atoms with van der Waals surface area (Å²) >= 11 is 0. The zero-order valence-electron chi connectivity index (χ0n) is 89.2. The van der Waals surface area contributed by atoms with Gasteiger partial charge in [0.2, 0.25) is 0 Å². The molecule has 20 nitrogen and oxygen atoms in total. The molecule has 7 aromatic rings. The van der Waals surface area contributed by atoms with Gasteiger partial charge >= 0.3 is 47.8 Å². The third-order valence-corrected chi connectivity index (χ3v) is 27.6. The first-order valence-corrected chi connectivity index (χ1v) is 56.4. The van der Waals surface area contributed by atoms with Crippen LogP contribution in [0.15, 0.2) is 121 Å². The van der Waals surface area contributed by atoms with Crippen molar-refractivity contribution in [2.75, 3.05) is 52.9 Å². The first kappa shape index (κ1) is 117. The Morgan fingerprint density at radius 3 is 0.479 bits per heavy atom. The number of aromatic nitrogens is 4. The summed E-state index contributed by atoms with van der Waals surface area (Å²) in [5.74, 6) is -4.85. The van der Waals surface area contributed by atoms with Crippen molar-refractivity contribution in [2.45, 2.75) is 415 Å². The zero-order valence-corrected chi connectivity index (χ0v) is 89.2. The Kier molecular flexibility index (Phi) is 56.2. The van der Waals surface area contributed by atoms with Crippen molar-refractivity contribution in [3.63, 3.8) is 0 Å². The quantitative estimate of drug-likeness (QED) is 0.0204. The van der Waals surface area contributed by atoms with Crippen LogP contribution in [-0.4, -0.2) is 121 Å². The fourth-order valence-electron chi connectivity index (χ4n) is 19.6. The Labute approximate surface area is 861 Å². The summed E-state index contributed by atoms with van der Waals surface area (Å²) in [7, 11) is 0. The lowest BCUT2D eigenvalue weighted by atomic mass is 9.89. The normalized spacial score (nSPS) is 11.9. The van der Waals surface area contributed by atoms with Gasteiger partial charge < -0.3 is 47.9 Å². The van der Waals surface area contributed by atoms with E-state index in [9.17, 15) is 0 Å². The second-order valence-electron chi connectivity index (χ2n) is 39.5. The van der Waals surface area contributed by atoms with E-state index in [0.717, 1.165) is 257 Å². The van der Waals surface area contributed by atoms with Gasteiger partial charge in [0.1, 0.15) is 0 Å². The van der Waals surface area contributed by atoms with Crippen molar-refractivity contribution < 1.29 is 76.3 Å². The number of ether oxygens (including phenoxy) is 8. The lowest BCUT2D eigenvalue weighted by Crippen LogP contribution is -2.14. The predicted molar refractivity (Wildman–Crippen MR) is 584 cm³/mol. The summed E-state index contributed by atoms with van der Waals surface area (Å²) in [4.78, 5) is 148. The van der Waals surface area contributed by atoms with Crippen LogP contribution in [0.4, 0.5) is 0 Å². The molecule has 786 valence electrons. The molecule has 0 radical (unpaired) electrons. The van der Waals surface area contributed by atoms with Gasteiger partial charge in [-0.2, -0.15) is 0 Å². The van der Waals surface area contributed by atoms with Crippen LogP contribution in [0.25, 0.3) is 88.9 Å². The second kappa shape index (κ2) is 69.3. The number of rotatable bonds is 76. The number of carbonyl (C=O) groups is 8. The average molecular weight is 1980 g/mol. The van der Waals surface area contributed by atoms with E-state index in [1.807, 2.05) is 121 Å². The highest BCUT2D eigenvalue weighted by atomic mass is 16.6. The van der Waals surface area contributed by atoms with Crippen LogP contribution in [0.1, 0.15) is 434 Å². The van der Waals surface area contributed by atoms with Crippen LogP contribution in [0.2, 0.25) is 0 Å². The maximum atomic E-state index is 16.0. The summed E-state index contributed by atoms with van der Waals surface area (Å²) in [6.45, 7) is 18.2. The standard InChI is InChI=1S/C124H174N4O16/c1-9-17-25-33-41-61-77-137-105(129)85-97-98(86-106(130)138-78-62-42-34-26-18-10-2)118-114(94-71-55-50-56-72-94)120-101(89-109(133)141-81-65-45-37-29-21-13-5)102(90-110(134)142-82-66-46-38-30-22-14-6)122(127-120)116(96-75-59-52-60-76-96)124-104(92-112(136)144-84-68-48-40-32-24-16-8)103(91-111(135)143-83-67-47-39-31-23-15-7)123(128-124)115(95-73-57-51-58-74-95)121-100(88-108(132)140-80-64-44-36-28-20-12-4)99(87-107(131)139-79-63-43-35-27-19-11-3)119(126-121)113(117(97)125-118)93-69-53-49-54-70-93/h49-60,69-76,125,128H,9-48,61-68,77-92H2,1-8H3. The topological polar surface area (TPSA) is 268 Å². The Balaban J connectivity index is 1.64. The van der Waals surface area contributed by atoms with Gasteiger partial charge in [0, 0.05) is 22.3 Å². The molecule has 4 aromatic carbocycles. The van der Waals surface area contributed by atoms with Crippen LogP contribution in [-0.2, 0) is 102 Å². The van der Waals surface area contributed by atoms with E-state index in [1.54, 1.807) is 0 Å². The molecule has 0 spiro atoms. The fourth-order valence-corrected chi connectivity index (χ4v) is 19.6. The maximum Gasteiger partial charge on any atom is 0.310 e. The fraction of sp³-hybridized carbons (Fsp3) is 0.581. The summed E-state index contributed by atoms with van der Waals surface area (Å²) in [5, 5.41) is 0. The highest BCUT2D eigenvalue weighted by molar-refractivity contribution is 6.15. The molecule has 2 aliphatic heterocycles. The van der Waals surface area contributed by atoms with E-state index in [2.05, 4.69) is 65.4 Å². The number of hydrogen-bond acceptors (Lipinski definition) is 18. The number of H-pyrrole nitrogens is 2. The summed E-state index contributed by atoms with van der Waals surface area (Å²) in [5.41, 5.74) is 7.66. The first-order chi connectivity index (χ1) is 70.6. The van der Waals surface area contributed by atoms with Crippen molar-refractivity contribution in [2.24, 2.45) is 0 Å². The Morgan fingerprint density at radius 2 is 0.326 bits per heavy atom. The van der Waals surface area contributed by atoms with E-state index < -0.39 is 99.1 Å². The number of esters is 8. The van der Waals surface area contributed by atoms with E-state index >= 15 is 38.4 Å². The number of hydrogen-bond donors (Lipinski definition) is 2. The third-order valence-electron chi connectivity index (χ3n) is 27.6. The Morgan fingerprint density at radius 1 is 0.188 bits per heavy atom. The van der Waals surface area contributed by atoms with Gasteiger partial charge in [0.05, 0.1) is 149 Å². The van der Waals surface area contributed by atoms with Gasteiger partial charge in [-0.25, -0.2) is 9.97 Å². The zero-order chi connectivity index (χ0) is 102. The lowest BCUT2D eigenvalue weighted by Gasteiger charge is -2.14. The van der Waals surface area contributed by atoms with Gasteiger partial charge in [-0.15, -0.1) is 0 Å². The second-order valence-corrected chi connectivity index (χ2v) is 39.5. The molecule has 0 aliphatic carbocycles. The molecule has 2 N–H and O–H groups in total. The maximum absolute atomic E-state index is 16.0. The van der Waals surface area contributed by atoms with Gasteiger partial charge in [-0.1, -0.05) is 434 Å². The summed E-state index contributed by atoms with van der Waals surface area (Å²) < 4.78 is 51.9. The molecule has 0 saturated carbocycles. The molecule has 2 aliphatic rings. The molecule has 0 saturated heterocycles. The molecule has 3 aromatic heterocycles. The molecular formula is C124H174N4O16. The third kappa shape index (κ3) is 39.6. The minimum absolute atomic E-state index is 0.0984. The molecule has 0 atom stereocenters. The molecule has 0 fully saturated rings. The molecule has 0 amide bonds. The monoisotopic (exact) mass is 1980 g/mol. The number of nitrogens with zero attached hydrogens (tertiary/aromatic N) is 2. The van der Waals surface area contributed by atoms with Crippen LogP contribution in [0.3, 0.4) is 0 Å². The lowest BCUT2D eigenvalue weighted by molar-refractivity contribution is -0.144. The summed E-state index contributed by atoms with van der Waals surface area (Å²) in [6, 6.07) is 38.2. The largest absolute Gasteiger partial charge is 0.465 e. The van der Waals surface area contributed by atoms with Crippen molar-refractivity contribution in [1.82, 2.24) is 19.9 Å². The van der Waals surface area contributed by atoms with E-state index in [4.69, 9.17) is 47.9 Å². The molecule has 144 heavy (non-hydrogen) atoms. The Bertz CT molecular complexity index is 4620. The average Bonchev–Trinajstić information content (AvgIpc) is 1.56. The van der Waals surface area contributed by atoms with Crippen molar-refractivity contribution in [3.8, 4) is 44.5 Å². The molecule has 20 heteroatoms. The van der Waals surface area contributed by atoms with Gasteiger partial charge in [-0.05, 0) is 118 Å². The van der Waals surface area contributed by atoms with Crippen molar-refractivity contribution in [1.29, 1.82) is 0 Å². The molecule has 0 unspecified atom stereocenters. The molecule has 8 bridgehead atoms. The molecular weight excluding hydrogens is 1800 g/mol. The number of unbranched alkanes of at least 4 members (excludes halogenated alkanes) is 40. The smallest absolute Gasteiger partial charge is 0.310 e. The van der Waals surface area contributed by atoms with Crippen LogP contribution >= 0.6 is 0 Å². The minimum atomic E-state index is -0.609. The number of fused-ring (bicyclic) bond motifs is 8. The summed E-state index contributed by atoms with van der Waals surface area (Å²) in [6.07, 6.45) is 40.8. The van der Waals surface area contributed by atoms with Gasteiger partial charge in [0.25, 0.3) is 0 Å². The first-order valence-electron chi connectivity index (χ1n) is 56.4. The molecule has 9 rings (SSSR count). The predicted octanol–water partition coefficient (Wildman–Crippen LogP) is 31.8. The number of benzene rings is 4. The SMILES string of the molecule is CCCCCCCCOC(=O)CC1=C(CC(=O)OCCCCCCCC)c2nc1c(-c1ccccc1)c1[nH]c(c(CC(=O)OCCCCCCCC)c1CC(=O)OCCCCCCCC)c(-c1ccccc1)c1nc(c(-c3ccccc3)c3[nH]c(c(CC(=O)OCCCCCCCC)c3CC(=O)OCCCCCCCC)c2-c2ccccc2)C(CC(=O)OCCCCCCCC)=C1CC(=O)OCCCCCCCC.